The number of carbonyl (C=O) groups excluding carboxylic acids is 1. The van der Waals surface area contributed by atoms with Gasteiger partial charge in [-0.3, -0.25) is 0 Å². The van der Waals surface area contributed by atoms with Gasteiger partial charge in [0, 0.05) is 0 Å². The third-order valence-corrected chi connectivity index (χ3v) is 8.78. The molecule has 27 heavy (non-hydrogen) atoms. The van der Waals surface area contributed by atoms with Crippen LogP contribution in [0.1, 0.15) is 74.6 Å². The Labute approximate surface area is 171 Å². The number of rotatable bonds is 4. The summed E-state index contributed by atoms with van der Waals surface area (Å²) >= 11 is 0.345. The Bertz CT molecular complexity index is 776. The van der Waals surface area contributed by atoms with Crippen LogP contribution in [0.3, 0.4) is 0 Å². The number of carbonyl (C=O) groups is 1. The van der Waals surface area contributed by atoms with E-state index in [4.69, 9.17) is 0 Å². The molecule has 1 amide bonds. The Kier molecular flexibility index (Phi) is 6.71. The molecular formula is C24H34NOSe+. The molecule has 2 nitrogen and oxygen atoms in total. The first kappa shape index (κ1) is 21.9. The van der Waals surface area contributed by atoms with Crippen LogP contribution in [0, 0.1) is 0 Å². The summed E-state index contributed by atoms with van der Waals surface area (Å²) in [7, 11) is 0. The topological polar surface area (TPSA) is 20.3 Å². The zero-order valence-corrected chi connectivity index (χ0v) is 19.9. The van der Waals surface area contributed by atoms with Crippen LogP contribution in [-0.2, 0) is 10.8 Å². The third kappa shape index (κ3) is 5.09. The van der Waals surface area contributed by atoms with Crippen LogP contribution in [0.5, 0.6) is 0 Å². The second kappa shape index (κ2) is 8.29. The summed E-state index contributed by atoms with van der Waals surface area (Å²) in [6, 6.07) is 12.7. The molecule has 2 aromatic rings. The Morgan fingerprint density at radius 3 is 1.81 bits per heavy atom. The summed E-state index contributed by atoms with van der Waals surface area (Å²) < 4.78 is 2.98. The van der Waals surface area contributed by atoms with E-state index in [9.17, 15) is 4.79 Å². The molecule has 1 aromatic carbocycles. The van der Waals surface area contributed by atoms with Gasteiger partial charge in [-0.1, -0.05) is 0 Å². The van der Waals surface area contributed by atoms with Crippen LogP contribution in [-0.4, -0.2) is 38.4 Å². The van der Waals surface area contributed by atoms with E-state index in [2.05, 4.69) is 59.7 Å². The normalized spacial score (nSPS) is 12.1. The first-order valence-electron chi connectivity index (χ1n) is 9.86. The van der Waals surface area contributed by atoms with Crippen molar-refractivity contribution in [2.24, 2.45) is 0 Å². The maximum absolute atomic E-state index is 13.1. The van der Waals surface area contributed by atoms with E-state index < -0.39 is 0 Å². The van der Waals surface area contributed by atoms with Crippen molar-refractivity contribution in [3.63, 3.8) is 0 Å². The first-order valence-corrected chi connectivity index (χ1v) is 11.6. The number of benzene rings is 1. The predicted molar refractivity (Wildman–Crippen MR) is 118 cm³/mol. The van der Waals surface area contributed by atoms with E-state index >= 15 is 0 Å². The molecular weight excluding hydrogens is 397 g/mol. The molecule has 1 aromatic heterocycles. The fraction of sp³-hybridized carbons (Fsp3) is 0.500. The van der Waals surface area contributed by atoms with Crippen molar-refractivity contribution in [1.29, 1.82) is 0 Å². The Morgan fingerprint density at radius 2 is 1.37 bits per heavy atom. The molecule has 0 N–H and O–H groups in total. The van der Waals surface area contributed by atoms with Crippen molar-refractivity contribution >= 4 is 20.4 Å². The van der Waals surface area contributed by atoms with Gasteiger partial charge in [-0.25, -0.2) is 0 Å². The van der Waals surface area contributed by atoms with Gasteiger partial charge in [0.25, 0.3) is 0 Å². The van der Waals surface area contributed by atoms with Crippen LogP contribution in [0.25, 0.3) is 11.1 Å². The standard InChI is InChI=1S/C24H34NOSe/c1-9-25(10-2)22(26)19-14-12-11-13-18(19)17-15-20(23(3,4)5)27-21(16-17)24(6,7)8/h11-16H,9-10H2,1-8H3/q+1. The molecule has 0 saturated heterocycles. The van der Waals surface area contributed by atoms with Gasteiger partial charge in [0.05, 0.1) is 0 Å². The molecule has 3 heteroatoms. The zero-order chi connectivity index (χ0) is 20.4. The van der Waals surface area contributed by atoms with Gasteiger partial charge in [0.2, 0.25) is 0 Å². The molecule has 0 aliphatic heterocycles. The van der Waals surface area contributed by atoms with Gasteiger partial charge in [-0.05, 0) is 0 Å². The minimum absolute atomic E-state index is 0.121. The molecule has 0 atom stereocenters. The molecule has 1 heterocycles. The zero-order valence-electron chi connectivity index (χ0n) is 18.1. The summed E-state index contributed by atoms with van der Waals surface area (Å²) in [6.07, 6.45) is 0. The van der Waals surface area contributed by atoms with Crippen LogP contribution in [0.15, 0.2) is 36.4 Å². The van der Waals surface area contributed by atoms with Crippen molar-refractivity contribution in [3.05, 3.63) is 50.8 Å². The van der Waals surface area contributed by atoms with Crippen LogP contribution in [0.2, 0.25) is 0 Å². The van der Waals surface area contributed by atoms with Crippen molar-refractivity contribution in [2.45, 2.75) is 66.2 Å². The second-order valence-electron chi connectivity index (χ2n) is 9.10. The van der Waals surface area contributed by atoms with Crippen molar-refractivity contribution in [3.8, 4) is 11.1 Å². The van der Waals surface area contributed by atoms with E-state index in [-0.39, 0.29) is 16.7 Å². The monoisotopic (exact) mass is 432 g/mol. The molecule has 0 aliphatic carbocycles. The van der Waals surface area contributed by atoms with E-state index in [1.54, 1.807) is 0 Å². The van der Waals surface area contributed by atoms with Crippen molar-refractivity contribution in [1.82, 2.24) is 4.90 Å². The SMILES string of the molecule is CCN(CC)C(=O)c1ccccc1-c1cc(C(C)(C)C)[se+]c(C(C)(C)C)c1. The van der Waals surface area contributed by atoms with E-state index in [0.717, 1.165) is 24.2 Å². The Balaban J connectivity index is 2.70. The molecule has 0 unspecified atom stereocenters. The molecule has 0 aliphatic rings. The summed E-state index contributed by atoms with van der Waals surface area (Å²) in [4.78, 5) is 15.0. The fourth-order valence-corrected chi connectivity index (χ4v) is 5.56. The maximum atomic E-state index is 13.1. The summed E-state index contributed by atoms with van der Waals surface area (Å²) in [5.41, 5.74) is 3.30. The molecule has 0 saturated carbocycles. The van der Waals surface area contributed by atoms with Gasteiger partial charge in [0.1, 0.15) is 0 Å². The van der Waals surface area contributed by atoms with Crippen molar-refractivity contribution < 1.29 is 4.79 Å². The third-order valence-electron chi connectivity index (χ3n) is 4.79. The predicted octanol–water partition coefficient (Wildman–Crippen LogP) is 5.77. The molecule has 0 spiro atoms. The van der Waals surface area contributed by atoms with Gasteiger partial charge in [-0.2, -0.15) is 0 Å². The van der Waals surface area contributed by atoms with E-state index in [1.165, 1.54) is 14.4 Å². The van der Waals surface area contributed by atoms with E-state index in [0.29, 0.717) is 14.5 Å². The van der Waals surface area contributed by atoms with Crippen LogP contribution >= 0.6 is 0 Å². The Hall–Kier alpha value is -1.44. The average Bonchev–Trinajstić information content (AvgIpc) is 2.60. The van der Waals surface area contributed by atoms with Gasteiger partial charge < -0.3 is 0 Å². The summed E-state index contributed by atoms with van der Waals surface area (Å²) in [5.74, 6) is 0.121. The Morgan fingerprint density at radius 1 is 0.889 bits per heavy atom. The molecule has 0 fully saturated rings. The second-order valence-corrected chi connectivity index (χ2v) is 11.4. The van der Waals surface area contributed by atoms with Crippen molar-refractivity contribution in [2.75, 3.05) is 13.1 Å². The quantitative estimate of drug-likeness (QED) is 0.563. The van der Waals surface area contributed by atoms with Gasteiger partial charge in [0.15, 0.2) is 0 Å². The van der Waals surface area contributed by atoms with Crippen LogP contribution < -0.4 is 0 Å². The van der Waals surface area contributed by atoms with Gasteiger partial charge >= 0.3 is 171 Å². The average molecular weight is 432 g/mol. The molecule has 146 valence electrons. The van der Waals surface area contributed by atoms with E-state index in [1.807, 2.05) is 36.9 Å². The molecule has 0 bridgehead atoms. The first-order chi connectivity index (χ1) is 12.5. The molecule has 0 radical (unpaired) electrons. The summed E-state index contributed by atoms with van der Waals surface area (Å²) in [6.45, 7) is 19.3. The minimum atomic E-state index is 0.121. The molecule has 2 rings (SSSR count). The number of nitrogens with zero attached hydrogens (tertiary/aromatic N) is 1. The fourth-order valence-electron chi connectivity index (χ4n) is 3.00. The number of hydrogen-bond acceptors (Lipinski definition) is 1. The summed E-state index contributed by atoms with van der Waals surface area (Å²) in [5, 5.41) is 0. The van der Waals surface area contributed by atoms with Crippen LogP contribution in [0.4, 0.5) is 0 Å². The van der Waals surface area contributed by atoms with Gasteiger partial charge in [-0.15, -0.1) is 0 Å². The number of hydrogen-bond donors (Lipinski definition) is 0. The number of amides is 1.